The summed E-state index contributed by atoms with van der Waals surface area (Å²) in [6, 6.07) is 8.14. The summed E-state index contributed by atoms with van der Waals surface area (Å²) in [6.07, 6.45) is 0. The van der Waals surface area contributed by atoms with E-state index in [1.54, 1.807) is 0 Å². The van der Waals surface area contributed by atoms with E-state index in [0.717, 1.165) is 11.0 Å². The second-order valence-corrected chi connectivity index (χ2v) is 4.33. The van der Waals surface area contributed by atoms with Crippen molar-refractivity contribution >= 4 is 11.0 Å². The first-order valence-electron chi connectivity index (χ1n) is 3.34. The molecule has 0 aliphatic rings. The first-order valence-corrected chi connectivity index (χ1v) is 6.58. The number of hydrogen-bond donors (Lipinski definition) is 1. The van der Waals surface area contributed by atoms with Gasteiger partial charge < -0.3 is 0 Å². The maximum absolute atomic E-state index is 4.42. The number of imidazole rings is 1. The number of aromatic amines is 1. The zero-order chi connectivity index (χ0) is 7.68. The van der Waals surface area contributed by atoms with Gasteiger partial charge in [-0.1, -0.05) is 0 Å². The molecule has 0 atom stereocenters. The van der Waals surface area contributed by atoms with Crippen LogP contribution in [0.25, 0.3) is 11.0 Å². The Bertz CT molecular complexity index is 334. The molecule has 0 fully saturated rings. The monoisotopic (exact) mass is 259 g/mol. The van der Waals surface area contributed by atoms with Gasteiger partial charge in [0.1, 0.15) is 0 Å². The summed E-state index contributed by atoms with van der Waals surface area (Å²) in [5.41, 5.74) is 2.24. The van der Waals surface area contributed by atoms with Crippen molar-refractivity contribution in [3.63, 3.8) is 0 Å². The molecule has 1 N–H and O–H groups in total. The molecule has 11 heavy (non-hydrogen) atoms. The predicted molar refractivity (Wildman–Crippen MR) is 40.7 cm³/mol. The number of para-hydroxylation sites is 2. The van der Waals surface area contributed by atoms with Gasteiger partial charge in [0.2, 0.25) is 0 Å². The van der Waals surface area contributed by atoms with Crippen molar-refractivity contribution in [1.82, 2.24) is 9.97 Å². The summed E-state index contributed by atoms with van der Waals surface area (Å²) in [5.74, 6) is 0. The molecule has 0 aliphatic heterocycles. The molecule has 0 spiro atoms. The van der Waals surface area contributed by atoms with Gasteiger partial charge in [0.25, 0.3) is 0 Å². The Balaban J connectivity index is 2.69. The number of nitrogens with zero attached hydrogens (tertiary/aromatic N) is 1. The number of nitrogens with one attached hydrogen (secondary N) is 1. The van der Waals surface area contributed by atoms with Crippen LogP contribution in [0.1, 0.15) is 0 Å². The predicted octanol–water partition coefficient (Wildman–Crippen LogP) is -1.55. The van der Waals surface area contributed by atoms with E-state index in [1.165, 1.54) is 3.83 Å². The molecule has 0 radical (unpaired) electrons. The second kappa shape index (κ2) is 2.81. The van der Waals surface area contributed by atoms with Gasteiger partial charge in [-0.3, -0.25) is 0 Å². The number of fused-ring (bicyclic) bond motifs is 1. The van der Waals surface area contributed by atoms with E-state index in [1.807, 2.05) is 18.2 Å². The third kappa shape index (κ3) is 1.24. The fourth-order valence-electron chi connectivity index (χ4n) is 1.01. The molecule has 1 heterocycles. The molecule has 2 nitrogen and oxygen atoms in total. The van der Waals surface area contributed by atoms with Crippen LogP contribution in [-0.4, -0.2) is 14.9 Å². The molecule has 0 aliphatic carbocycles. The molecular formula is C8H8IN2-. The van der Waals surface area contributed by atoms with Crippen LogP contribution in [0.5, 0.6) is 0 Å². The Morgan fingerprint density at radius 2 is 2.18 bits per heavy atom. The summed E-state index contributed by atoms with van der Waals surface area (Å²) in [7, 11) is 0. The molecular weight excluding hydrogens is 251 g/mol. The van der Waals surface area contributed by atoms with Gasteiger partial charge in [-0.05, 0) is 0 Å². The van der Waals surface area contributed by atoms with E-state index in [-0.39, 0.29) is 21.2 Å². The topological polar surface area (TPSA) is 28.7 Å². The number of benzene rings is 1. The minimum atomic E-state index is 0.0945. The van der Waals surface area contributed by atoms with E-state index in [2.05, 4.69) is 21.0 Å². The van der Waals surface area contributed by atoms with Crippen molar-refractivity contribution in [3.05, 3.63) is 28.1 Å². The summed E-state index contributed by atoms with van der Waals surface area (Å²) >= 11 is 0.0945. The van der Waals surface area contributed by atoms with Gasteiger partial charge in [-0.25, -0.2) is 0 Å². The molecule has 1 aromatic carbocycles. The normalized spacial score (nSPS) is 11.0. The second-order valence-electron chi connectivity index (χ2n) is 2.23. The third-order valence-corrected chi connectivity index (χ3v) is 3.07. The third-order valence-electron chi connectivity index (χ3n) is 1.54. The molecule has 3 heteroatoms. The van der Waals surface area contributed by atoms with Crippen molar-refractivity contribution in [2.24, 2.45) is 0 Å². The minimum absolute atomic E-state index is 0.0945. The van der Waals surface area contributed by atoms with Crippen LogP contribution in [0.3, 0.4) is 0 Å². The van der Waals surface area contributed by atoms with Crippen molar-refractivity contribution < 1.29 is 21.2 Å². The van der Waals surface area contributed by atoms with E-state index in [0.29, 0.717) is 0 Å². The number of alkyl halides is 1. The number of halogens is 1. The molecule has 2 aromatic rings. The SMILES string of the molecule is C[I-]c1nc2ccccc2[nH]1. The van der Waals surface area contributed by atoms with Gasteiger partial charge >= 0.3 is 75.2 Å². The fraction of sp³-hybridized carbons (Fsp3) is 0.125. The van der Waals surface area contributed by atoms with Crippen molar-refractivity contribution in [1.29, 1.82) is 0 Å². The number of H-pyrrole nitrogens is 1. The van der Waals surface area contributed by atoms with Crippen molar-refractivity contribution in [3.8, 4) is 0 Å². The Morgan fingerprint density at radius 3 is 2.91 bits per heavy atom. The fourth-order valence-corrected chi connectivity index (χ4v) is 2.07. The van der Waals surface area contributed by atoms with Gasteiger partial charge in [-0.2, -0.15) is 0 Å². The molecule has 2 rings (SSSR count). The molecule has 0 bridgehead atoms. The van der Waals surface area contributed by atoms with Gasteiger partial charge in [0.05, 0.1) is 0 Å². The zero-order valence-electron chi connectivity index (χ0n) is 6.13. The summed E-state index contributed by atoms with van der Waals surface area (Å²) in [6.45, 7) is 0. The Morgan fingerprint density at radius 1 is 1.36 bits per heavy atom. The first kappa shape index (κ1) is 7.09. The number of hydrogen-bond acceptors (Lipinski definition) is 1. The number of rotatable bonds is 1. The Kier molecular flexibility index (Phi) is 1.81. The van der Waals surface area contributed by atoms with E-state index < -0.39 is 0 Å². The van der Waals surface area contributed by atoms with Gasteiger partial charge in [0, 0.05) is 0 Å². The van der Waals surface area contributed by atoms with Gasteiger partial charge in [0.15, 0.2) is 0 Å². The van der Waals surface area contributed by atoms with Crippen LogP contribution >= 0.6 is 0 Å². The molecule has 0 saturated carbocycles. The average Bonchev–Trinajstić information content (AvgIpc) is 2.46. The Labute approximate surface area is 75.3 Å². The van der Waals surface area contributed by atoms with Crippen LogP contribution in [-0.2, 0) is 0 Å². The van der Waals surface area contributed by atoms with Gasteiger partial charge in [-0.15, -0.1) is 0 Å². The van der Waals surface area contributed by atoms with E-state index in [9.17, 15) is 0 Å². The number of aromatic nitrogens is 2. The standard InChI is InChI=1S/C8H8IN2/c1-9-8-10-6-4-2-3-5-7(6)11-8/h2-5H,1H3,(H,10,11)/q-1. The zero-order valence-corrected chi connectivity index (χ0v) is 8.29. The summed E-state index contributed by atoms with van der Waals surface area (Å²) < 4.78 is 1.17. The van der Waals surface area contributed by atoms with E-state index in [4.69, 9.17) is 0 Å². The van der Waals surface area contributed by atoms with Crippen molar-refractivity contribution in [2.75, 3.05) is 4.93 Å². The van der Waals surface area contributed by atoms with Crippen LogP contribution in [0.15, 0.2) is 24.3 Å². The first-order chi connectivity index (χ1) is 5.40. The van der Waals surface area contributed by atoms with Crippen LogP contribution < -0.4 is 21.2 Å². The van der Waals surface area contributed by atoms with Crippen LogP contribution in [0.2, 0.25) is 0 Å². The summed E-state index contributed by atoms with van der Waals surface area (Å²) in [4.78, 5) is 9.91. The molecule has 58 valence electrons. The molecule has 0 saturated heterocycles. The van der Waals surface area contributed by atoms with Crippen LogP contribution in [0, 0.1) is 3.83 Å². The summed E-state index contributed by atoms with van der Waals surface area (Å²) in [5, 5.41) is 0. The van der Waals surface area contributed by atoms with E-state index >= 15 is 0 Å². The van der Waals surface area contributed by atoms with Crippen LogP contribution in [0.4, 0.5) is 0 Å². The maximum atomic E-state index is 4.42. The molecule has 1 aromatic heterocycles. The van der Waals surface area contributed by atoms with Crippen molar-refractivity contribution in [2.45, 2.75) is 0 Å². The average molecular weight is 259 g/mol. The molecule has 0 unspecified atom stereocenters. The Hall–Kier alpha value is -0.580. The quantitative estimate of drug-likeness (QED) is 0.487. The molecule has 0 amide bonds.